The molecule has 1 aromatic rings. The average Bonchev–Trinajstić information content (AvgIpc) is 2.71. The SMILES string of the molecule is CCCCNCc1c(F)cc(/C=C/B2OC(C)(C)C(C)(C)O2)cc1F. The second-order valence-electron chi connectivity index (χ2n) is 7.48. The van der Waals surface area contributed by atoms with Crippen molar-refractivity contribution in [3.63, 3.8) is 0 Å². The predicted molar refractivity (Wildman–Crippen MR) is 98.1 cm³/mol. The summed E-state index contributed by atoms with van der Waals surface area (Å²) in [6.45, 7) is 10.9. The molecule has 0 bridgehead atoms. The Labute approximate surface area is 149 Å². The number of hydrogen-bond acceptors (Lipinski definition) is 3. The summed E-state index contributed by atoms with van der Waals surface area (Å²) in [4.78, 5) is 0. The van der Waals surface area contributed by atoms with Crippen LogP contribution in [0.5, 0.6) is 0 Å². The second-order valence-corrected chi connectivity index (χ2v) is 7.48. The van der Waals surface area contributed by atoms with E-state index in [1.54, 1.807) is 12.1 Å². The van der Waals surface area contributed by atoms with Gasteiger partial charge in [-0.25, -0.2) is 8.78 Å². The van der Waals surface area contributed by atoms with E-state index in [4.69, 9.17) is 9.31 Å². The highest BCUT2D eigenvalue weighted by Gasteiger charge is 2.49. The number of hydrogen-bond donors (Lipinski definition) is 1. The van der Waals surface area contributed by atoms with Crippen molar-refractivity contribution in [3.05, 3.63) is 40.9 Å². The highest BCUT2D eigenvalue weighted by molar-refractivity contribution is 6.52. The molecule has 1 aliphatic rings. The van der Waals surface area contributed by atoms with Gasteiger partial charge in [0.15, 0.2) is 0 Å². The van der Waals surface area contributed by atoms with Gasteiger partial charge in [-0.15, -0.1) is 0 Å². The van der Waals surface area contributed by atoms with E-state index in [0.29, 0.717) is 5.56 Å². The summed E-state index contributed by atoms with van der Waals surface area (Å²) in [5.74, 6) is 0.597. The quantitative estimate of drug-likeness (QED) is 0.580. The molecule has 0 unspecified atom stereocenters. The lowest BCUT2D eigenvalue weighted by Crippen LogP contribution is -2.41. The molecule has 1 saturated heterocycles. The van der Waals surface area contributed by atoms with E-state index in [-0.39, 0.29) is 12.1 Å². The van der Waals surface area contributed by atoms with Gasteiger partial charge < -0.3 is 14.6 Å². The Morgan fingerprint density at radius 1 is 1.08 bits per heavy atom. The third kappa shape index (κ3) is 4.90. The summed E-state index contributed by atoms with van der Waals surface area (Å²) < 4.78 is 40.1. The van der Waals surface area contributed by atoms with Crippen LogP contribution in [0.25, 0.3) is 6.08 Å². The third-order valence-electron chi connectivity index (χ3n) is 4.89. The zero-order valence-electron chi connectivity index (χ0n) is 15.8. The first-order valence-electron chi connectivity index (χ1n) is 8.89. The molecule has 1 fully saturated rings. The van der Waals surface area contributed by atoms with Crippen LogP contribution in [0, 0.1) is 11.6 Å². The van der Waals surface area contributed by atoms with Gasteiger partial charge in [-0.1, -0.05) is 25.4 Å². The van der Waals surface area contributed by atoms with E-state index in [9.17, 15) is 8.78 Å². The highest BCUT2D eigenvalue weighted by atomic mass is 19.1. The maximum Gasteiger partial charge on any atom is 0.487 e. The van der Waals surface area contributed by atoms with Crippen LogP contribution < -0.4 is 5.32 Å². The van der Waals surface area contributed by atoms with Crippen molar-refractivity contribution in [2.75, 3.05) is 6.54 Å². The summed E-state index contributed by atoms with van der Waals surface area (Å²) in [6.07, 6.45) is 3.65. The van der Waals surface area contributed by atoms with Crippen LogP contribution in [0.15, 0.2) is 18.1 Å². The summed E-state index contributed by atoms with van der Waals surface area (Å²) >= 11 is 0. The van der Waals surface area contributed by atoms with Crippen molar-refractivity contribution in [1.82, 2.24) is 5.32 Å². The molecule has 1 aromatic carbocycles. The number of rotatable bonds is 7. The van der Waals surface area contributed by atoms with Crippen LogP contribution in [0.3, 0.4) is 0 Å². The van der Waals surface area contributed by atoms with Crippen LogP contribution in [0.4, 0.5) is 8.78 Å². The van der Waals surface area contributed by atoms with Crippen molar-refractivity contribution in [3.8, 4) is 0 Å². The molecular weight excluding hydrogens is 323 g/mol. The molecule has 1 N–H and O–H groups in total. The van der Waals surface area contributed by atoms with Gasteiger partial charge in [-0.05, 0) is 58.4 Å². The van der Waals surface area contributed by atoms with Crippen molar-refractivity contribution in [2.45, 2.75) is 65.2 Å². The molecule has 0 saturated carbocycles. The van der Waals surface area contributed by atoms with E-state index in [1.165, 1.54) is 12.1 Å². The zero-order valence-corrected chi connectivity index (χ0v) is 15.8. The number of halogens is 2. The van der Waals surface area contributed by atoms with Gasteiger partial charge in [0, 0.05) is 12.1 Å². The summed E-state index contributed by atoms with van der Waals surface area (Å²) in [5.41, 5.74) is -0.357. The largest absolute Gasteiger partial charge is 0.487 e. The first-order valence-corrected chi connectivity index (χ1v) is 8.89. The molecule has 138 valence electrons. The topological polar surface area (TPSA) is 30.5 Å². The van der Waals surface area contributed by atoms with Crippen molar-refractivity contribution in [1.29, 1.82) is 0 Å². The molecule has 0 atom stereocenters. The minimum absolute atomic E-state index is 0.0730. The predicted octanol–water partition coefficient (Wildman–Crippen LogP) is 4.50. The Morgan fingerprint density at radius 2 is 1.64 bits per heavy atom. The maximum absolute atomic E-state index is 14.2. The van der Waals surface area contributed by atoms with E-state index in [2.05, 4.69) is 12.2 Å². The van der Waals surface area contributed by atoms with E-state index < -0.39 is 30.0 Å². The van der Waals surface area contributed by atoms with Crippen LogP contribution in [-0.4, -0.2) is 24.9 Å². The maximum atomic E-state index is 14.2. The van der Waals surface area contributed by atoms with E-state index in [0.717, 1.165) is 19.4 Å². The highest BCUT2D eigenvalue weighted by Crippen LogP contribution is 2.37. The molecule has 0 aromatic heterocycles. The molecule has 0 aliphatic carbocycles. The fourth-order valence-electron chi connectivity index (χ4n) is 2.56. The molecule has 1 aliphatic heterocycles. The fraction of sp³-hybridized carbons (Fsp3) is 0.579. The normalized spacial score (nSPS) is 19.1. The first-order chi connectivity index (χ1) is 11.7. The molecule has 6 heteroatoms. The molecule has 0 radical (unpaired) electrons. The molecule has 0 spiro atoms. The summed E-state index contributed by atoms with van der Waals surface area (Å²) in [6, 6.07) is 2.67. The molecular formula is C19H28BF2NO2. The van der Waals surface area contributed by atoms with Gasteiger partial charge in [0.25, 0.3) is 0 Å². The molecule has 1 heterocycles. The smallest absolute Gasteiger partial charge is 0.400 e. The van der Waals surface area contributed by atoms with Gasteiger partial charge >= 0.3 is 7.12 Å². The minimum atomic E-state index is -0.544. The van der Waals surface area contributed by atoms with Crippen molar-refractivity contribution in [2.24, 2.45) is 0 Å². The van der Waals surface area contributed by atoms with Crippen LogP contribution >= 0.6 is 0 Å². The summed E-state index contributed by atoms with van der Waals surface area (Å²) in [5, 5.41) is 3.06. The third-order valence-corrected chi connectivity index (χ3v) is 4.89. The van der Waals surface area contributed by atoms with E-state index in [1.807, 2.05) is 27.7 Å². The molecule has 2 rings (SSSR count). The van der Waals surface area contributed by atoms with Gasteiger partial charge in [-0.3, -0.25) is 0 Å². The first kappa shape index (κ1) is 20.1. The second kappa shape index (κ2) is 7.98. The Hall–Kier alpha value is -1.24. The van der Waals surface area contributed by atoms with Crippen LogP contribution in [-0.2, 0) is 15.9 Å². The van der Waals surface area contributed by atoms with E-state index >= 15 is 0 Å². The Bertz CT molecular complexity index is 593. The van der Waals surface area contributed by atoms with Crippen LogP contribution in [0.2, 0.25) is 0 Å². The Balaban J connectivity index is 2.04. The molecule has 3 nitrogen and oxygen atoms in total. The minimum Gasteiger partial charge on any atom is -0.400 e. The average molecular weight is 351 g/mol. The van der Waals surface area contributed by atoms with Gasteiger partial charge in [0.2, 0.25) is 0 Å². The van der Waals surface area contributed by atoms with Gasteiger partial charge in [-0.2, -0.15) is 0 Å². The van der Waals surface area contributed by atoms with Gasteiger partial charge in [0.1, 0.15) is 11.6 Å². The lowest BCUT2D eigenvalue weighted by Gasteiger charge is -2.32. The molecule has 25 heavy (non-hydrogen) atoms. The Morgan fingerprint density at radius 3 is 2.16 bits per heavy atom. The van der Waals surface area contributed by atoms with Crippen LogP contribution in [0.1, 0.15) is 58.6 Å². The summed E-state index contributed by atoms with van der Waals surface area (Å²) in [7, 11) is -0.536. The molecule has 0 amide bonds. The lowest BCUT2D eigenvalue weighted by molar-refractivity contribution is 0.00578. The zero-order chi connectivity index (χ0) is 18.7. The monoisotopic (exact) mass is 351 g/mol. The van der Waals surface area contributed by atoms with Crippen molar-refractivity contribution < 1.29 is 18.1 Å². The Kier molecular flexibility index (Phi) is 6.41. The number of nitrogens with one attached hydrogen (secondary N) is 1. The standard InChI is InChI=1S/C19H28BF2NO2/c1-6-7-10-23-13-15-16(21)11-14(12-17(15)22)8-9-20-24-18(2,3)19(4,5)25-20/h8-9,11-12,23H,6-7,10,13H2,1-5H3/b9-8+. The lowest BCUT2D eigenvalue weighted by atomic mass is 9.89. The number of benzene rings is 1. The van der Waals surface area contributed by atoms with Crippen molar-refractivity contribution >= 4 is 13.2 Å². The number of unbranched alkanes of at least 4 members (excludes halogenated alkanes) is 1. The fourth-order valence-corrected chi connectivity index (χ4v) is 2.56. The van der Waals surface area contributed by atoms with Gasteiger partial charge in [0.05, 0.1) is 11.2 Å².